The first-order chi connectivity index (χ1) is 24.3. The molecular weight excluding hydrogens is 670 g/mol. The van der Waals surface area contributed by atoms with Crippen molar-refractivity contribution in [2.45, 2.75) is 19.8 Å². The molecule has 11 nitrogen and oxygen atoms in total. The molecule has 0 unspecified atom stereocenters. The lowest BCUT2D eigenvalue weighted by molar-refractivity contribution is -0.122. The number of nitrogens with zero attached hydrogens (tertiary/aromatic N) is 5. The molecule has 0 aliphatic carbocycles. The lowest BCUT2D eigenvalue weighted by Gasteiger charge is -2.33. The van der Waals surface area contributed by atoms with Crippen LogP contribution in [-0.4, -0.2) is 69.9 Å². The third kappa shape index (κ3) is 9.62. The molecule has 1 aliphatic heterocycles. The monoisotopic (exact) mass is 702 g/mol. The highest BCUT2D eigenvalue weighted by atomic mass is 35.5. The number of aromatic hydroxyl groups is 1. The number of piperazine rings is 1. The summed E-state index contributed by atoms with van der Waals surface area (Å²) in [4.78, 5) is 21.2. The van der Waals surface area contributed by atoms with Crippen molar-refractivity contribution in [2.24, 2.45) is 5.10 Å². The van der Waals surface area contributed by atoms with Gasteiger partial charge in [0, 0.05) is 54.5 Å². The molecule has 1 saturated heterocycles. The Labute approximate surface area is 291 Å². The SMILES string of the molecule is O=C(CN1CCN(Cc2nc(-c3ccc(COc4ccc(F)c(F)c4)cc3)no2)CC1)N/N=C/c1ccc(OCc2ccc(Cl)cc2)cc1O. The van der Waals surface area contributed by atoms with E-state index in [0.29, 0.717) is 67.4 Å². The first-order valence-corrected chi connectivity index (χ1v) is 16.1. The van der Waals surface area contributed by atoms with Crippen LogP contribution in [0.4, 0.5) is 8.78 Å². The number of hydrogen-bond acceptors (Lipinski definition) is 10. The highest BCUT2D eigenvalue weighted by Gasteiger charge is 2.21. The molecule has 0 spiro atoms. The Morgan fingerprint density at radius 3 is 2.20 bits per heavy atom. The van der Waals surface area contributed by atoms with Gasteiger partial charge in [-0.2, -0.15) is 10.1 Å². The summed E-state index contributed by atoms with van der Waals surface area (Å²) in [5.74, 6) is -0.501. The second-order valence-corrected chi connectivity index (χ2v) is 12.0. The Hall–Kier alpha value is -5.37. The van der Waals surface area contributed by atoms with E-state index in [0.717, 1.165) is 28.8 Å². The van der Waals surface area contributed by atoms with E-state index in [1.54, 1.807) is 24.3 Å². The molecule has 14 heteroatoms. The quantitative estimate of drug-likeness (QED) is 0.116. The van der Waals surface area contributed by atoms with E-state index in [2.05, 4.69) is 25.6 Å². The van der Waals surface area contributed by atoms with Gasteiger partial charge in [0.25, 0.3) is 5.91 Å². The maximum atomic E-state index is 13.4. The first-order valence-electron chi connectivity index (χ1n) is 15.7. The molecule has 1 fully saturated rings. The van der Waals surface area contributed by atoms with E-state index < -0.39 is 11.6 Å². The number of phenolic OH excluding ortho intramolecular Hbond substituents is 1. The number of hydrazone groups is 1. The fourth-order valence-corrected chi connectivity index (χ4v) is 5.22. The number of ether oxygens (including phenoxy) is 2. The molecule has 1 aliphatic rings. The molecular formula is C36H33ClF2N6O5. The van der Waals surface area contributed by atoms with Crippen LogP contribution in [0.2, 0.25) is 5.02 Å². The Morgan fingerprint density at radius 1 is 0.880 bits per heavy atom. The van der Waals surface area contributed by atoms with E-state index >= 15 is 0 Å². The van der Waals surface area contributed by atoms with E-state index in [-0.39, 0.29) is 30.6 Å². The van der Waals surface area contributed by atoms with Crippen LogP contribution in [0, 0.1) is 11.6 Å². The van der Waals surface area contributed by atoms with Crippen LogP contribution in [0.3, 0.4) is 0 Å². The van der Waals surface area contributed by atoms with E-state index in [1.165, 1.54) is 18.3 Å². The van der Waals surface area contributed by atoms with Crippen molar-refractivity contribution in [3.63, 3.8) is 0 Å². The molecule has 5 aromatic rings. The maximum absolute atomic E-state index is 13.4. The summed E-state index contributed by atoms with van der Waals surface area (Å²) in [7, 11) is 0. The Bertz CT molecular complexity index is 1930. The van der Waals surface area contributed by atoms with Gasteiger partial charge >= 0.3 is 0 Å². The zero-order valence-electron chi connectivity index (χ0n) is 26.8. The Morgan fingerprint density at radius 2 is 1.52 bits per heavy atom. The Balaban J connectivity index is 0.895. The summed E-state index contributed by atoms with van der Waals surface area (Å²) < 4.78 is 43.3. The van der Waals surface area contributed by atoms with E-state index in [9.17, 15) is 18.7 Å². The molecule has 50 heavy (non-hydrogen) atoms. The molecule has 0 bridgehead atoms. The zero-order valence-corrected chi connectivity index (χ0v) is 27.5. The van der Waals surface area contributed by atoms with Crippen LogP contribution in [0.15, 0.2) is 94.6 Å². The molecule has 258 valence electrons. The first kappa shape index (κ1) is 34.5. The summed E-state index contributed by atoms with van der Waals surface area (Å²) in [6.45, 7) is 3.94. The third-order valence-corrected chi connectivity index (χ3v) is 8.13. The van der Waals surface area contributed by atoms with Gasteiger partial charge in [0.1, 0.15) is 30.5 Å². The second kappa shape index (κ2) is 16.4. The molecule has 1 amide bonds. The molecule has 0 atom stereocenters. The van der Waals surface area contributed by atoms with Gasteiger partial charge in [0.05, 0.1) is 19.3 Å². The molecule has 1 aromatic heterocycles. The molecule has 0 radical (unpaired) electrons. The van der Waals surface area contributed by atoms with Crippen molar-refractivity contribution in [1.29, 1.82) is 0 Å². The smallest absolute Gasteiger partial charge is 0.254 e. The van der Waals surface area contributed by atoms with Gasteiger partial charge in [0.2, 0.25) is 11.7 Å². The fourth-order valence-electron chi connectivity index (χ4n) is 5.10. The number of carbonyl (C=O) groups excluding carboxylic acids is 1. The van der Waals surface area contributed by atoms with Crippen LogP contribution in [-0.2, 0) is 24.6 Å². The van der Waals surface area contributed by atoms with Crippen molar-refractivity contribution in [3.05, 3.63) is 124 Å². The second-order valence-electron chi connectivity index (χ2n) is 11.6. The Kier molecular flexibility index (Phi) is 11.3. The fraction of sp³-hybridized carbons (Fsp3) is 0.222. The van der Waals surface area contributed by atoms with Crippen LogP contribution in [0.1, 0.15) is 22.6 Å². The van der Waals surface area contributed by atoms with Crippen LogP contribution in [0.5, 0.6) is 17.2 Å². The summed E-state index contributed by atoms with van der Waals surface area (Å²) in [5.41, 5.74) is 5.50. The van der Waals surface area contributed by atoms with Crippen molar-refractivity contribution < 1.29 is 32.7 Å². The lowest BCUT2D eigenvalue weighted by Crippen LogP contribution is -2.48. The van der Waals surface area contributed by atoms with Gasteiger partial charge < -0.3 is 19.1 Å². The molecule has 0 saturated carbocycles. The van der Waals surface area contributed by atoms with Crippen molar-refractivity contribution >= 4 is 23.7 Å². The van der Waals surface area contributed by atoms with Crippen molar-refractivity contribution in [3.8, 4) is 28.6 Å². The van der Waals surface area contributed by atoms with Crippen molar-refractivity contribution in [2.75, 3.05) is 32.7 Å². The van der Waals surface area contributed by atoms with Crippen molar-refractivity contribution in [1.82, 2.24) is 25.4 Å². The number of halogens is 3. The summed E-state index contributed by atoms with van der Waals surface area (Å²) in [6.07, 6.45) is 1.38. The lowest BCUT2D eigenvalue weighted by atomic mass is 10.1. The predicted octanol–water partition coefficient (Wildman–Crippen LogP) is 5.80. The minimum atomic E-state index is -0.961. The number of aromatic nitrogens is 2. The van der Waals surface area contributed by atoms with Gasteiger partial charge in [-0.3, -0.25) is 14.6 Å². The molecule has 2 N–H and O–H groups in total. The predicted molar refractivity (Wildman–Crippen MR) is 182 cm³/mol. The average Bonchev–Trinajstić information content (AvgIpc) is 3.59. The number of rotatable bonds is 13. The molecule has 2 heterocycles. The van der Waals surface area contributed by atoms with E-state index in [1.807, 2.05) is 41.3 Å². The maximum Gasteiger partial charge on any atom is 0.254 e. The van der Waals surface area contributed by atoms with Gasteiger partial charge in [-0.05, 0) is 47.5 Å². The number of amides is 1. The van der Waals surface area contributed by atoms with Gasteiger partial charge in [-0.15, -0.1) is 0 Å². The molecule has 6 rings (SSSR count). The number of hydrogen-bond donors (Lipinski definition) is 2. The largest absolute Gasteiger partial charge is 0.507 e. The van der Waals surface area contributed by atoms with Gasteiger partial charge in [0.15, 0.2) is 11.6 Å². The standard InChI is InChI=1S/C36H33ClF2N6O5/c37-28-8-3-25(4-9-28)23-49-30-10-7-27(33(46)18-30)19-40-42-34(47)20-44-13-15-45(16-14-44)21-35-41-36(43-50-35)26-5-1-24(2-6-26)22-48-29-11-12-31(38)32(39)17-29/h1-12,17-19,46H,13-16,20-23H2,(H,42,47)/b40-19+. The summed E-state index contributed by atoms with van der Waals surface area (Å²) >= 11 is 5.91. The minimum Gasteiger partial charge on any atom is -0.507 e. The number of benzene rings is 4. The summed E-state index contributed by atoms with van der Waals surface area (Å²) in [6, 6.07) is 22.9. The number of phenols is 1. The van der Waals surface area contributed by atoms with Gasteiger partial charge in [-0.1, -0.05) is 53.2 Å². The van der Waals surface area contributed by atoms with Gasteiger partial charge in [-0.25, -0.2) is 14.2 Å². The number of nitrogens with one attached hydrogen (secondary N) is 1. The topological polar surface area (TPSA) is 126 Å². The van der Waals surface area contributed by atoms with E-state index in [4.69, 9.17) is 25.6 Å². The normalized spacial score (nSPS) is 13.8. The average molecular weight is 703 g/mol. The van der Waals surface area contributed by atoms with Crippen LogP contribution in [0.25, 0.3) is 11.4 Å². The summed E-state index contributed by atoms with van der Waals surface area (Å²) in [5, 5.41) is 19.1. The van der Waals surface area contributed by atoms with Crippen LogP contribution < -0.4 is 14.9 Å². The highest BCUT2D eigenvalue weighted by Crippen LogP contribution is 2.24. The zero-order chi connectivity index (χ0) is 34.9. The number of carbonyl (C=O) groups is 1. The molecule has 4 aromatic carbocycles. The van der Waals surface area contributed by atoms with Crippen LogP contribution >= 0.6 is 11.6 Å². The highest BCUT2D eigenvalue weighted by molar-refractivity contribution is 6.30. The third-order valence-electron chi connectivity index (χ3n) is 7.88. The minimum absolute atomic E-state index is 0.0243.